The fourth-order valence-electron chi connectivity index (χ4n) is 5.86. The minimum atomic E-state index is -0.984. The maximum absolute atomic E-state index is 14.2. The van der Waals surface area contributed by atoms with Crippen LogP contribution in [0.4, 0.5) is 10.7 Å². The van der Waals surface area contributed by atoms with Gasteiger partial charge in [0.2, 0.25) is 5.91 Å². The second kappa shape index (κ2) is 9.67. The fraction of sp³-hybridized carbons (Fsp3) is 0.367. The molecule has 3 atom stereocenters. The number of amides is 2. The van der Waals surface area contributed by atoms with Crippen molar-refractivity contribution >= 4 is 39.8 Å². The molecule has 2 fully saturated rings. The summed E-state index contributed by atoms with van der Waals surface area (Å²) in [4.78, 5) is 49.9. The SMILES string of the molecule is CCOC(=O)c1c(N2C(=O)[C@H]3[C@H](ON(c4ccccc4C)[C@@H]3c3ccc(C)cc3)C2=O)sc2c1CCCC2. The molecule has 6 rings (SSSR count). The Hall–Kier alpha value is -3.49. The first-order chi connectivity index (χ1) is 18.4. The van der Waals surface area contributed by atoms with E-state index in [1.165, 1.54) is 16.2 Å². The molecule has 2 saturated heterocycles. The largest absolute Gasteiger partial charge is 0.462 e. The van der Waals surface area contributed by atoms with Crippen LogP contribution < -0.4 is 9.96 Å². The Labute approximate surface area is 225 Å². The summed E-state index contributed by atoms with van der Waals surface area (Å²) in [6, 6.07) is 15.3. The second-order valence-corrected chi connectivity index (χ2v) is 11.2. The number of anilines is 2. The van der Waals surface area contributed by atoms with Crippen molar-refractivity contribution < 1.29 is 24.0 Å². The Morgan fingerprint density at radius 2 is 1.76 bits per heavy atom. The summed E-state index contributed by atoms with van der Waals surface area (Å²) in [6.07, 6.45) is 2.58. The Kier molecular flexibility index (Phi) is 6.32. The number of para-hydroxylation sites is 1. The third kappa shape index (κ3) is 3.85. The first-order valence-corrected chi connectivity index (χ1v) is 14.0. The second-order valence-electron chi connectivity index (χ2n) is 10.1. The van der Waals surface area contributed by atoms with Crippen LogP contribution in [0.3, 0.4) is 0 Å². The van der Waals surface area contributed by atoms with Crippen molar-refractivity contribution in [3.63, 3.8) is 0 Å². The number of imide groups is 1. The molecule has 0 N–H and O–H groups in total. The molecular formula is C30H30N2O5S. The summed E-state index contributed by atoms with van der Waals surface area (Å²) in [7, 11) is 0. The standard InChI is InChI=1S/C30H30N2O5S/c1-4-36-30(35)23-20-10-6-8-12-22(20)38-29(23)31-27(33)24-25(19-15-13-17(2)14-16-19)32(37-26(24)28(31)34)21-11-7-5-9-18(21)3/h5,7,9,11,13-16,24-26H,4,6,8,10,12H2,1-3H3/t24-,25-,26+/m1/s1. The van der Waals surface area contributed by atoms with Gasteiger partial charge in [-0.1, -0.05) is 48.0 Å². The number of thiophene rings is 1. The maximum Gasteiger partial charge on any atom is 0.341 e. The third-order valence-corrected chi connectivity index (χ3v) is 9.00. The van der Waals surface area contributed by atoms with Crippen LogP contribution in [0.2, 0.25) is 0 Å². The smallest absolute Gasteiger partial charge is 0.341 e. The molecule has 1 aromatic heterocycles. The molecular weight excluding hydrogens is 500 g/mol. The molecule has 7 nitrogen and oxygen atoms in total. The van der Waals surface area contributed by atoms with Gasteiger partial charge in [0.25, 0.3) is 5.91 Å². The molecule has 8 heteroatoms. The van der Waals surface area contributed by atoms with E-state index >= 15 is 0 Å². The summed E-state index contributed by atoms with van der Waals surface area (Å²) >= 11 is 1.37. The highest BCUT2D eigenvalue weighted by Crippen LogP contribution is 2.50. The van der Waals surface area contributed by atoms with Gasteiger partial charge in [-0.15, -0.1) is 11.3 Å². The van der Waals surface area contributed by atoms with E-state index in [1.54, 1.807) is 12.0 Å². The molecule has 2 aliphatic heterocycles. The van der Waals surface area contributed by atoms with Gasteiger partial charge in [0.15, 0.2) is 6.10 Å². The van der Waals surface area contributed by atoms with E-state index < -0.39 is 29.9 Å². The van der Waals surface area contributed by atoms with E-state index in [0.29, 0.717) is 10.6 Å². The highest BCUT2D eigenvalue weighted by atomic mass is 32.1. The van der Waals surface area contributed by atoms with Gasteiger partial charge in [-0.25, -0.2) is 14.8 Å². The lowest BCUT2D eigenvalue weighted by Gasteiger charge is -2.29. The molecule has 0 saturated carbocycles. The number of esters is 1. The summed E-state index contributed by atoms with van der Waals surface area (Å²) in [5.74, 6) is -2.00. The van der Waals surface area contributed by atoms with E-state index in [4.69, 9.17) is 9.57 Å². The highest BCUT2D eigenvalue weighted by Gasteiger charge is 2.61. The first kappa shape index (κ1) is 24.8. The van der Waals surface area contributed by atoms with Crippen LogP contribution in [0.5, 0.6) is 0 Å². The Morgan fingerprint density at radius 3 is 2.50 bits per heavy atom. The molecule has 0 bridgehead atoms. The molecule has 2 amide bonds. The number of rotatable bonds is 5. The van der Waals surface area contributed by atoms with Crippen molar-refractivity contribution in [3.8, 4) is 0 Å². The highest BCUT2D eigenvalue weighted by molar-refractivity contribution is 7.17. The van der Waals surface area contributed by atoms with Crippen molar-refractivity contribution in [2.45, 2.75) is 58.6 Å². The summed E-state index contributed by atoms with van der Waals surface area (Å²) in [5.41, 5.74) is 5.09. The predicted octanol–water partition coefficient (Wildman–Crippen LogP) is 5.47. The number of carbonyl (C=O) groups is 3. The molecule has 0 unspecified atom stereocenters. The van der Waals surface area contributed by atoms with Gasteiger partial charge in [-0.2, -0.15) is 0 Å². The number of aryl methyl sites for hydroxylation is 3. The fourth-order valence-corrected chi connectivity index (χ4v) is 7.25. The molecule has 1 aliphatic carbocycles. The molecule has 3 aromatic rings. The predicted molar refractivity (Wildman–Crippen MR) is 145 cm³/mol. The molecule has 0 spiro atoms. The van der Waals surface area contributed by atoms with Crippen molar-refractivity contribution in [1.82, 2.24) is 0 Å². The number of benzene rings is 2. The summed E-state index contributed by atoms with van der Waals surface area (Å²) in [5, 5.41) is 2.11. The van der Waals surface area contributed by atoms with E-state index in [2.05, 4.69) is 0 Å². The van der Waals surface area contributed by atoms with Crippen molar-refractivity contribution in [2.75, 3.05) is 16.6 Å². The molecule has 3 aliphatic rings. The van der Waals surface area contributed by atoms with Crippen LogP contribution in [0.1, 0.15) is 63.3 Å². The molecule has 3 heterocycles. The van der Waals surface area contributed by atoms with E-state index in [1.807, 2.05) is 62.4 Å². The Bertz CT molecular complexity index is 1430. The van der Waals surface area contributed by atoms with Gasteiger partial charge in [0.05, 0.1) is 23.9 Å². The van der Waals surface area contributed by atoms with E-state index in [9.17, 15) is 14.4 Å². The summed E-state index contributed by atoms with van der Waals surface area (Å²) in [6.45, 7) is 5.97. The van der Waals surface area contributed by atoms with Crippen molar-refractivity contribution in [2.24, 2.45) is 5.92 Å². The van der Waals surface area contributed by atoms with Crippen LogP contribution in [0.25, 0.3) is 0 Å². The number of ether oxygens (including phenoxy) is 1. The summed E-state index contributed by atoms with van der Waals surface area (Å²) < 4.78 is 5.39. The zero-order valence-electron chi connectivity index (χ0n) is 21.7. The van der Waals surface area contributed by atoms with Crippen LogP contribution in [-0.4, -0.2) is 30.5 Å². The van der Waals surface area contributed by atoms with Gasteiger partial charge in [0.1, 0.15) is 10.9 Å². The molecule has 38 heavy (non-hydrogen) atoms. The molecule has 2 aromatic carbocycles. The lowest BCUT2D eigenvalue weighted by molar-refractivity contribution is -0.126. The average Bonchev–Trinajstić information content (AvgIpc) is 3.55. The number of hydrogen-bond donors (Lipinski definition) is 0. The average molecular weight is 531 g/mol. The van der Waals surface area contributed by atoms with Gasteiger partial charge >= 0.3 is 5.97 Å². The van der Waals surface area contributed by atoms with E-state index in [0.717, 1.165) is 58.5 Å². The third-order valence-electron chi connectivity index (χ3n) is 7.72. The zero-order valence-corrected chi connectivity index (χ0v) is 22.5. The van der Waals surface area contributed by atoms with Gasteiger partial charge in [-0.3, -0.25) is 14.4 Å². The first-order valence-electron chi connectivity index (χ1n) is 13.2. The van der Waals surface area contributed by atoms with Crippen LogP contribution in [-0.2, 0) is 32.0 Å². The van der Waals surface area contributed by atoms with Crippen molar-refractivity contribution in [1.29, 1.82) is 0 Å². The zero-order chi connectivity index (χ0) is 26.6. The van der Waals surface area contributed by atoms with E-state index in [-0.39, 0.29) is 12.5 Å². The lowest BCUT2D eigenvalue weighted by Crippen LogP contribution is -2.38. The van der Waals surface area contributed by atoms with Gasteiger partial charge in [0, 0.05) is 4.88 Å². The maximum atomic E-state index is 14.2. The minimum absolute atomic E-state index is 0.222. The topological polar surface area (TPSA) is 76.2 Å². The minimum Gasteiger partial charge on any atom is -0.462 e. The van der Waals surface area contributed by atoms with Gasteiger partial charge < -0.3 is 4.74 Å². The number of nitrogens with zero attached hydrogens (tertiary/aromatic N) is 2. The number of carbonyl (C=O) groups excluding carboxylic acids is 3. The van der Waals surface area contributed by atoms with Crippen LogP contribution in [0.15, 0.2) is 48.5 Å². The Balaban J connectivity index is 1.45. The van der Waals surface area contributed by atoms with Crippen LogP contribution in [0, 0.1) is 19.8 Å². The molecule has 0 radical (unpaired) electrons. The number of hydroxylamine groups is 1. The monoisotopic (exact) mass is 530 g/mol. The normalized spacial score (nSPS) is 22.6. The molecule has 196 valence electrons. The lowest BCUT2D eigenvalue weighted by atomic mass is 9.90. The van der Waals surface area contributed by atoms with Crippen LogP contribution >= 0.6 is 11.3 Å². The van der Waals surface area contributed by atoms with Gasteiger partial charge in [-0.05, 0) is 69.2 Å². The van der Waals surface area contributed by atoms with Crippen molar-refractivity contribution in [3.05, 3.63) is 81.2 Å². The number of fused-ring (bicyclic) bond motifs is 2. The quantitative estimate of drug-likeness (QED) is 0.322. The number of hydrogen-bond acceptors (Lipinski definition) is 7. The Morgan fingerprint density at radius 1 is 1.03 bits per heavy atom.